The van der Waals surface area contributed by atoms with Gasteiger partial charge in [0.2, 0.25) is 5.91 Å². The quantitative estimate of drug-likeness (QED) is 0.902. The van der Waals surface area contributed by atoms with Crippen molar-refractivity contribution in [3.8, 4) is 0 Å². The molecule has 0 spiro atoms. The number of hydrogen-bond acceptors (Lipinski definition) is 3. The lowest BCUT2D eigenvalue weighted by Crippen LogP contribution is -2.50. The molecule has 0 radical (unpaired) electrons. The molecule has 0 bridgehead atoms. The summed E-state index contributed by atoms with van der Waals surface area (Å²) >= 11 is 0. The van der Waals surface area contributed by atoms with Crippen molar-refractivity contribution in [2.45, 2.75) is 32.1 Å². The van der Waals surface area contributed by atoms with Crippen molar-refractivity contribution >= 4 is 5.91 Å². The Morgan fingerprint density at radius 3 is 2.57 bits per heavy atom. The van der Waals surface area contributed by atoms with Gasteiger partial charge in [-0.05, 0) is 18.1 Å². The molecule has 1 fully saturated rings. The van der Waals surface area contributed by atoms with E-state index in [0.29, 0.717) is 32.7 Å². The fraction of sp³-hybridized carbons (Fsp3) is 0.562. The van der Waals surface area contributed by atoms with E-state index < -0.39 is 17.8 Å². The molecule has 0 aromatic heterocycles. The van der Waals surface area contributed by atoms with Crippen LogP contribution < -0.4 is 5.32 Å². The zero-order valence-corrected chi connectivity index (χ0v) is 13.0. The first-order valence-corrected chi connectivity index (χ1v) is 7.68. The van der Waals surface area contributed by atoms with Gasteiger partial charge in [-0.3, -0.25) is 4.79 Å². The van der Waals surface area contributed by atoms with Crippen molar-refractivity contribution in [1.29, 1.82) is 0 Å². The number of rotatable bonds is 5. The van der Waals surface area contributed by atoms with Gasteiger partial charge >= 0.3 is 6.18 Å². The van der Waals surface area contributed by atoms with Crippen LogP contribution in [0.4, 0.5) is 13.2 Å². The number of morpholine rings is 1. The Kier molecular flexibility index (Phi) is 6.01. The van der Waals surface area contributed by atoms with E-state index >= 15 is 0 Å². The average molecular weight is 330 g/mol. The normalized spacial score (nSPS) is 17.1. The number of ether oxygens (including phenoxy) is 1. The maximum atomic E-state index is 13.0. The first kappa shape index (κ1) is 17.7. The number of amides is 1. The Hall–Kier alpha value is -1.60. The van der Waals surface area contributed by atoms with Gasteiger partial charge in [-0.2, -0.15) is 13.2 Å². The number of carbonyl (C=O) groups is 1. The summed E-state index contributed by atoms with van der Waals surface area (Å²) in [5, 5.41) is 2.96. The highest BCUT2D eigenvalue weighted by molar-refractivity contribution is 5.81. The van der Waals surface area contributed by atoms with Crippen LogP contribution in [0.2, 0.25) is 0 Å². The van der Waals surface area contributed by atoms with E-state index in [9.17, 15) is 18.0 Å². The van der Waals surface area contributed by atoms with Gasteiger partial charge in [-0.1, -0.05) is 25.1 Å². The number of nitrogens with one attached hydrogen (secondary N) is 1. The molecule has 1 atom stereocenters. The fourth-order valence-electron chi connectivity index (χ4n) is 2.59. The van der Waals surface area contributed by atoms with Crippen LogP contribution in [0.25, 0.3) is 0 Å². The molecule has 1 aliphatic heterocycles. The second kappa shape index (κ2) is 7.79. The summed E-state index contributed by atoms with van der Waals surface area (Å²) < 4.78 is 44.2. The summed E-state index contributed by atoms with van der Waals surface area (Å²) in [4.78, 5) is 14.1. The first-order chi connectivity index (χ1) is 10.9. The molecule has 7 heteroatoms. The van der Waals surface area contributed by atoms with Crippen molar-refractivity contribution < 1.29 is 22.7 Å². The minimum Gasteiger partial charge on any atom is -0.378 e. The smallest absolute Gasteiger partial charge is 0.378 e. The van der Waals surface area contributed by atoms with Crippen LogP contribution >= 0.6 is 0 Å². The molecule has 1 aromatic rings. The average Bonchev–Trinajstić information content (AvgIpc) is 2.55. The largest absolute Gasteiger partial charge is 0.416 e. The van der Waals surface area contributed by atoms with Crippen molar-refractivity contribution in [3.05, 3.63) is 35.4 Å². The second-order valence-electron chi connectivity index (χ2n) is 5.43. The molecule has 1 N–H and O–H groups in total. The summed E-state index contributed by atoms with van der Waals surface area (Å²) in [5.74, 6) is -0.0831. The molecule has 0 aliphatic carbocycles. The van der Waals surface area contributed by atoms with E-state index in [1.54, 1.807) is 11.0 Å². The number of carbonyl (C=O) groups excluding carboxylic acids is 1. The van der Waals surface area contributed by atoms with Crippen molar-refractivity contribution in [1.82, 2.24) is 10.2 Å². The van der Waals surface area contributed by atoms with Crippen molar-refractivity contribution in [3.63, 3.8) is 0 Å². The van der Waals surface area contributed by atoms with Gasteiger partial charge in [-0.25, -0.2) is 0 Å². The third kappa shape index (κ3) is 4.68. The highest BCUT2D eigenvalue weighted by atomic mass is 19.4. The van der Waals surface area contributed by atoms with Gasteiger partial charge in [0, 0.05) is 19.6 Å². The summed E-state index contributed by atoms with van der Waals surface area (Å²) in [6.45, 7) is 3.89. The molecule has 2 rings (SSSR count). The Balaban J connectivity index is 2.02. The van der Waals surface area contributed by atoms with Crippen LogP contribution in [0.15, 0.2) is 24.3 Å². The van der Waals surface area contributed by atoms with E-state index in [2.05, 4.69) is 5.32 Å². The molecule has 0 unspecified atom stereocenters. The van der Waals surface area contributed by atoms with Crippen LogP contribution in [-0.4, -0.2) is 43.2 Å². The molecule has 1 aliphatic rings. The summed E-state index contributed by atoms with van der Waals surface area (Å²) in [5.41, 5.74) is -0.519. The van der Waals surface area contributed by atoms with Gasteiger partial charge in [0.1, 0.15) is 0 Å². The predicted molar refractivity (Wildman–Crippen MR) is 79.8 cm³/mol. The Labute approximate surface area is 133 Å². The van der Waals surface area contributed by atoms with E-state index in [-0.39, 0.29) is 18.0 Å². The Bertz CT molecular complexity index is 528. The van der Waals surface area contributed by atoms with E-state index in [0.717, 1.165) is 6.07 Å². The van der Waals surface area contributed by atoms with Gasteiger partial charge < -0.3 is 15.0 Å². The van der Waals surface area contributed by atoms with Gasteiger partial charge in [0.05, 0.1) is 24.8 Å². The molecular weight excluding hydrogens is 309 g/mol. The zero-order chi connectivity index (χ0) is 16.9. The maximum Gasteiger partial charge on any atom is 0.416 e. The summed E-state index contributed by atoms with van der Waals surface area (Å²) in [6, 6.07) is 4.93. The predicted octanol–water partition coefficient (Wildman–Crippen LogP) is 2.43. The zero-order valence-electron chi connectivity index (χ0n) is 13.0. The molecule has 23 heavy (non-hydrogen) atoms. The van der Waals surface area contributed by atoms with Crippen LogP contribution in [0.5, 0.6) is 0 Å². The monoisotopic (exact) mass is 330 g/mol. The Morgan fingerprint density at radius 2 is 1.96 bits per heavy atom. The third-order valence-corrected chi connectivity index (χ3v) is 3.89. The lowest BCUT2D eigenvalue weighted by atomic mass is 10.1. The van der Waals surface area contributed by atoms with Gasteiger partial charge in [0.25, 0.3) is 0 Å². The van der Waals surface area contributed by atoms with Crippen LogP contribution in [0, 0.1) is 0 Å². The highest BCUT2D eigenvalue weighted by Crippen LogP contribution is 2.31. The van der Waals surface area contributed by atoms with Crippen LogP contribution in [0.1, 0.15) is 24.5 Å². The highest BCUT2D eigenvalue weighted by Gasteiger charge is 2.33. The third-order valence-electron chi connectivity index (χ3n) is 3.89. The SMILES string of the molecule is CC[C@@H](NCc1ccccc1C(F)(F)F)C(=O)N1CCOCC1. The van der Waals surface area contributed by atoms with E-state index in [1.165, 1.54) is 12.1 Å². The molecule has 0 saturated carbocycles. The minimum atomic E-state index is -4.39. The Morgan fingerprint density at radius 1 is 1.30 bits per heavy atom. The standard InChI is InChI=1S/C16H21F3N2O2/c1-2-14(15(22)21-7-9-23-10-8-21)20-11-12-5-3-4-6-13(12)16(17,18)19/h3-6,14,20H,2,7-11H2,1H3/t14-/m1/s1. The van der Waals surface area contributed by atoms with Gasteiger partial charge in [-0.15, -0.1) is 0 Å². The first-order valence-electron chi connectivity index (χ1n) is 7.68. The van der Waals surface area contributed by atoms with Crippen molar-refractivity contribution in [2.75, 3.05) is 26.3 Å². The maximum absolute atomic E-state index is 13.0. The topological polar surface area (TPSA) is 41.6 Å². The van der Waals surface area contributed by atoms with E-state index in [1.807, 2.05) is 6.92 Å². The second-order valence-corrected chi connectivity index (χ2v) is 5.43. The summed E-state index contributed by atoms with van der Waals surface area (Å²) in [7, 11) is 0. The van der Waals surface area contributed by atoms with Crippen molar-refractivity contribution in [2.24, 2.45) is 0 Å². The molecule has 1 heterocycles. The molecule has 1 amide bonds. The number of hydrogen-bond donors (Lipinski definition) is 1. The lowest BCUT2D eigenvalue weighted by Gasteiger charge is -2.30. The van der Waals surface area contributed by atoms with Crippen LogP contribution in [0.3, 0.4) is 0 Å². The minimum absolute atomic E-state index is 0.00424. The lowest BCUT2D eigenvalue weighted by molar-refractivity contribution is -0.138. The molecule has 1 saturated heterocycles. The molecule has 1 aromatic carbocycles. The number of nitrogens with zero attached hydrogens (tertiary/aromatic N) is 1. The van der Waals surface area contributed by atoms with E-state index in [4.69, 9.17) is 4.74 Å². The number of halogens is 3. The van der Waals surface area contributed by atoms with Gasteiger partial charge in [0.15, 0.2) is 0 Å². The number of alkyl halides is 3. The molecule has 4 nitrogen and oxygen atoms in total. The molecular formula is C16H21F3N2O2. The number of benzene rings is 1. The summed E-state index contributed by atoms with van der Waals surface area (Å²) in [6.07, 6.45) is -3.88. The fourth-order valence-corrected chi connectivity index (χ4v) is 2.59. The molecule has 128 valence electrons. The van der Waals surface area contributed by atoms with Crippen LogP contribution in [-0.2, 0) is 22.3 Å².